The van der Waals surface area contributed by atoms with Crippen LogP contribution in [0.3, 0.4) is 0 Å². The molecule has 0 saturated heterocycles. The van der Waals surface area contributed by atoms with Crippen molar-refractivity contribution in [3.8, 4) is 0 Å². The van der Waals surface area contributed by atoms with Gasteiger partial charge in [0, 0.05) is 23.9 Å². The molecule has 1 aliphatic rings. The van der Waals surface area contributed by atoms with Crippen LogP contribution in [0.4, 0.5) is 11.4 Å². The van der Waals surface area contributed by atoms with Crippen LogP contribution < -0.4 is 5.32 Å². The predicted molar refractivity (Wildman–Crippen MR) is 68.3 cm³/mol. The smallest absolute Gasteiger partial charge is 0.269 e. The normalized spacial score (nSPS) is 17.3. The summed E-state index contributed by atoms with van der Waals surface area (Å²) in [5.41, 5.74) is 2.10. The first-order valence-corrected chi connectivity index (χ1v) is 6.09. The molecule has 1 atom stereocenters. The zero-order chi connectivity index (χ0) is 12.4. The van der Waals surface area contributed by atoms with Gasteiger partial charge in [-0.3, -0.25) is 10.1 Å². The number of hydrogen-bond donors (Lipinski definition) is 1. The van der Waals surface area contributed by atoms with Crippen molar-refractivity contribution >= 4 is 11.4 Å². The number of non-ortho nitro benzene ring substituents is 1. The Labute approximate surface area is 101 Å². The number of aryl methyl sites for hydroxylation is 1. The minimum atomic E-state index is -0.355. The summed E-state index contributed by atoms with van der Waals surface area (Å²) >= 11 is 0. The highest BCUT2D eigenvalue weighted by Gasteiger charge is 2.24. The van der Waals surface area contributed by atoms with Gasteiger partial charge >= 0.3 is 0 Å². The van der Waals surface area contributed by atoms with E-state index in [9.17, 15) is 10.1 Å². The van der Waals surface area contributed by atoms with E-state index in [4.69, 9.17) is 0 Å². The van der Waals surface area contributed by atoms with Crippen LogP contribution in [0.25, 0.3) is 0 Å². The third-order valence-corrected chi connectivity index (χ3v) is 3.66. The second kappa shape index (κ2) is 4.73. The molecular formula is C13H18N2O2. The van der Waals surface area contributed by atoms with E-state index in [1.54, 1.807) is 12.1 Å². The van der Waals surface area contributed by atoms with Crippen LogP contribution in [0.5, 0.6) is 0 Å². The summed E-state index contributed by atoms with van der Waals surface area (Å²) in [6, 6.07) is 5.44. The average molecular weight is 234 g/mol. The first-order valence-electron chi connectivity index (χ1n) is 6.09. The summed E-state index contributed by atoms with van der Waals surface area (Å²) in [5.74, 6) is 0.754. The quantitative estimate of drug-likeness (QED) is 0.640. The molecule has 4 heteroatoms. The number of nitrogens with one attached hydrogen (secondary N) is 1. The molecule has 1 aromatic carbocycles. The van der Waals surface area contributed by atoms with Gasteiger partial charge in [0.25, 0.3) is 5.69 Å². The van der Waals surface area contributed by atoms with Crippen molar-refractivity contribution in [1.29, 1.82) is 0 Å². The second-order valence-electron chi connectivity index (χ2n) is 4.88. The molecule has 92 valence electrons. The Balaban J connectivity index is 2.07. The number of nitro groups is 1. The lowest BCUT2D eigenvalue weighted by Gasteiger charge is -2.32. The van der Waals surface area contributed by atoms with Crippen LogP contribution >= 0.6 is 0 Å². The molecule has 2 rings (SSSR count). The van der Waals surface area contributed by atoms with Crippen molar-refractivity contribution in [2.75, 3.05) is 5.32 Å². The topological polar surface area (TPSA) is 55.2 Å². The monoisotopic (exact) mass is 234 g/mol. The first kappa shape index (κ1) is 11.9. The van der Waals surface area contributed by atoms with Crippen LogP contribution in [-0.2, 0) is 0 Å². The minimum absolute atomic E-state index is 0.157. The molecule has 0 bridgehead atoms. The lowest BCUT2D eigenvalue weighted by molar-refractivity contribution is -0.384. The fourth-order valence-corrected chi connectivity index (χ4v) is 2.23. The van der Waals surface area contributed by atoms with Crippen molar-refractivity contribution in [2.24, 2.45) is 5.92 Å². The average Bonchev–Trinajstić information content (AvgIpc) is 2.18. The molecule has 0 radical (unpaired) electrons. The number of benzene rings is 1. The molecule has 1 unspecified atom stereocenters. The Bertz CT molecular complexity index is 427. The van der Waals surface area contributed by atoms with E-state index in [-0.39, 0.29) is 10.6 Å². The third-order valence-electron chi connectivity index (χ3n) is 3.66. The first-order chi connectivity index (χ1) is 8.08. The summed E-state index contributed by atoms with van der Waals surface area (Å²) in [5, 5.41) is 14.1. The maximum atomic E-state index is 10.6. The van der Waals surface area contributed by atoms with Crippen LogP contribution in [0, 0.1) is 23.0 Å². The van der Waals surface area contributed by atoms with Crippen molar-refractivity contribution < 1.29 is 4.92 Å². The van der Waals surface area contributed by atoms with Crippen LogP contribution in [0.15, 0.2) is 18.2 Å². The SMILES string of the molecule is Cc1cc([N+](=O)[O-])ccc1NC(C)C1CCC1. The Hall–Kier alpha value is -1.58. The molecule has 1 N–H and O–H groups in total. The summed E-state index contributed by atoms with van der Waals surface area (Å²) < 4.78 is 0. The number of anilines is 1. The summed E-state index contributed by atoms with van der Waals surface area (Å²) in [6.45, 7) is 4.09. The minimum Gasteiger partial charge on any atom is -0.382 e. The molecule has 0 aromatic heterocycles. The molecule has 0 aliphatic heterocycles. The Kier molecular flexibility index (Phi) is 3.31. The molecule has 1 fully saturated rings. The van der Waals surface area contributed by atoms with Crippen LogP contribution in [0.1, 0.15) is 31.7 Å². The van der Waals surface area contributed by atoms with E-state index in [0.29, 0.717) is 6.04 Å². The molecule has 0 heterocycles. The van der Waals surface area contributed by atoms with Gasteiger partial charge in [0.05, 0.1) is 4.92 Å². The van der Waals surface area contributed by atoms with Crippen molar-refractivity contribution in [3.63, 3.8) is 0 Å². The van der Waals surface area contributed by atoms with Gasteiger partial charge < -0.3 is 5.32 Å². The van der Waals surface area contributed by atoms with E-state index >= 15 is 0 Å². The highest BCUT2D eigenvalue weighted by molar-refractivity contribution is 5.55. The van der Waals surface area contributed by atoms with Crippen LogP contribution in [-0.4, -0.2) is 11.0 Å². The second-order valence-corrected chi connectivity index (χ2v) is 4.88. The zero-order valence-electron chi connectivity index (χ0n) is 10.3. The molecule has 17 heavy (non-hydrogen) atoms. The molecule has 1 aliphatic carbocycles. The molecule has 4 nitrogen and oxygen atoms in total. The van der Waals surface area contributed by atoms with Gasteiger partial charge in [-0.05, 0) is 44.2 Å². The van der Waals surface area contributed by atoms with Gasteiger partial charge in [0.15, 0.2) is 0 Å². The molecule has 1 aromatic rings. The zero-order valence-corrected chi connectivity index (χ0v) is 10.3. The maximum absolute atomic E-state index is 10.6. The van der Waals surface area contributed by atoms with E-state index in [1.807, 2.05) is 13.0 Å². The Morgan fingerprint density at radius 3 is 2.65 bits per heavy atom. The molecule has 0 amide bonds. The standard InChI is InChI=1S/C13H18N2O2/c1-9-8-12(15(16)17)6-7-13(9)14-10(2)11-4-3-5-11/h6-8,10-11,14H,3-5H2,1-2H3. The largest absolute Gasteiger partial charge is 0.382 e. The fourth-order valence-electron chi connectivity index (χ4n) is 2.23. The van der Waals surface area contributed by atoms with Gasteiger partial charge in [-0.15, -0.1) is 0 Å². The van der Waals surface area contributed by atoms with E-state index in [0.717, 1.165) is 17.2 Å². The van der Waals surface area contributed by atoms with Crippen molar-refractivity contribution in [2.45, 2.75) is 39.2 Å². The van der Waals surface area contributed by atoms with Gasteiger partial charge in [0.1, 0.15) is 0 Å². The van der Waals surface area contributed by atoms with E-state index in [2.05, 4.69) is 12.2 Å². The van der Waals surface area contributed by atoms with Gasteiger partial charge in [-0.25, -0.2) is 0 Å². The van der Waals surface area contributed by atoms with Crippen molar-refractivity contribution in [1.82, 2.24) is 0 Å². The number of nitrogens with zero attached hydrogens (tertiary/aromatic N) is 1. The van der Waals surface area contributed by atoms with Gasteiger partial charge in [-0.2, -0.15) is 0 Å². The molecule has 0 spiro atoms. The lowest BCUT2D eigenvalue weighted by Crippen LogP contribution is -2.31. The van der Waals surface area contributed by atoms with E-state index < -0.39 is 0 Å². The fraction of sp³-hybridized carbons (Fsp3) is 0.538. The van der Waals surface area contributed by atoms with Gasteiger partial charge in [-0.1, -0.05) is 6.42 Å². The summed E-state index contributed by atoms with van der Waals surface area (Å²) in [4.78, 5) is 10.3. The Morgan fingerprint density at radius 2 is 2.18 bits per heavy atom. The lowest BCUT2D eigenvalue weighted by atomic mass is 9.80. The molecule has 1 saturated carbocycles. The number of rotatable bonds is 4. The predicted octanol–water partition coefficient (Wildman–Crippen LogP) is 3.50. The molecular weight excluding hydrogens is 216 g/mol. The number of hydrogen-bond acceptors (Lipinski definition) is 3. The van der Waals surface area contributed by atoms with Gasteiger partial charge in [0.2, 0.25) is 0 Å². The highest BCUT2D eigenvalue weighted by atomic mass is 16.6. The summed E-state index contributed by atoms with van der Waals surface area (Å²) in [7, 11) is 0. The third kappa shape index (κ3) is 2.57. The maximum Gasteiger partial charge on any atom is 0.269 e. The summed E-state index contributed by atoms with van der Waals surface area (Å²) in [6.07, 6.45) is 3.91. The highest BCUT2D eigenvalue weighted by Crippen LogP contribution is 2.32. The van der Waals surface area contributed by atoms with Crippen LogP contribution in [0.2, 0.25) is 0 Å². The van der Waals surface area contributed by atoms with Crippen molar-refractivity contribution in [3.05, 3.63) is 33.9 Å². The van der Waals surface area contributed by atoms with E-state index in [1.165, 1.54) is 19.3 Å². The number of nitro benzene ring substituents is 1. The Morgan fingerprint density at radius 1 is 1.47 bits per heavy atom.